The van der Waals surface area contributed by atoms with Gasteiger partial charge in [-0.2, -0.15) is 0 Å². The molecule has 3 unspecified atom stereocenters. The van der Waals surface area contributed by atoms with E-state index in [1.807, 2.05) is 62.4 Å². The number of fused-ring (bicyclic) bond motifs is 6. The molecule has 0 spiro atoms. The van der Waals surface area contributed by atoms with Gasteiger partial charge >= 0.3 is 0 Å². The Morgan fingerprint density at radius 1 is 1.06 bits per heavy atom. The number of carbonyl (C=O) groups is 2. The molecule has 0 radical (unpaired) electrons. The van der Waals surface area contributed by atoms with Crippen molar-refractivity contribution in [2.75, 3.05) is 11.9 Å². The summed E-state index contributed by atoms with van der Waals surface area (Å²) in [5.41, 5.74) is 2.20. The van der Waals surface area contributed by atoms with Crippen LogP contribution < -0.4 is 10.1 Å². The Kier molecular flexibility index (Phi) is 4.18. The Morgan fingerprint density at radius 3 is 2.64 bits per heavy atom. The van der Waals surface area contributed by atoms with Gasteiger partial charge in [-0.3, -0.25) is 9.59 Å². The summed E-state index contributed by atoms with van der Waals surface area (Å²) in [5, 5.41) is 2.93. The van der Waals surface area contributed by atoms with Crippen LogP contribution in [0.3, 0.4) is 0 Å². The molecule has 33 heavy (non-hydrogen) atoms. The van der Waals surface area contributed by atoms with E-state index in [2.05, 4.69) is 5.32 Å². The molecule has 6 heteroatoms. The van der Waals surface area contributed by atoms with Crippen molar-refractivity contribution in [1.29, 1.82) is 0 Å². The minimum absolute atomic E-state index is 0.142. The maximum Gasteiger partial charge on any atom is 0.257 e. The first-order valence-corrected chi connectivity index (χ1v) is 11.1. The molecule has 0 aromatic heterocycles. The lowest BCUT2D eigenvalue weighted by Crippen LogP contribution is -2.54. The van der Waals surface area contributed by atoms with E-state index in [1.165, 1.54) is 18.2 Å². The van der Waals surface area contributed by atoms with Gasteiger partial charge in [0.1, 0.15) is 17.1 Å². The van der Waals surface area contributed by atoms with Crippen molar-refractivity contribution < 1.29 is 18.7 Å². The van der Waals surface area contributed by atoms with Crippen molar-refractivity contribution in [3.8, 4) is 5.75 Å². The molecule has 3 aromatic rings. The zero-order valence-corrected chi connectivity index (χ0v) is 18.3. The minimum atomic E-state index is -1.20. The summed E-state index contributed by atoms with van der Waals surface area (Å²) in [4.78, 5) is 29.6. The topological polar surface area (TPSA) is 58.6 Å². The summed E-state index contributed by atoms with van der Waals surface area (Å²) in [7, 11) is 0. The van der Waals surface area contributed by atoms with Gasteiger partial charge in [-0.15, -0.1) is 0 Å². The minimum Gasteiger partial charge on any atom is -0.493 e. The van der Waals surface area contributed by atoms with Crippen molar-refractivity contribution in [2.24, 2.45) is 5.92 Å². The van der Waals surface area contributed by atoms with Gasteiger partial charge in [-0.25, -0.2) is 4.39 Å². The number of hydrogen-bond acceptors (Lipinski definition) is 3. The number of rotatable bonds is 1. The van der Waals surface area contributed by atoms with E-state index in [0.29, 0.717) is 12.3 Å². The first-order valence-electron chi connectivity index (χ1n) is 11.1. The van der Waals surface area contributed by atoms with Gasteiger partial charge in [0.15, 0.2) is 0 Å². The molecule has 6 rings (SSSR count). The third kappa shape index (κ3) is 2.70. The number of nitrogens with zero attached hydrogens (tertiary/aromatic N) is 1. The van der Waals surface area contributed by atoms with E-state index in [9.17, 15) is 14.0 Å². The first kappa shape index (κ1) is 20.0. The molecular formula is C27H23FN2O3. The van der Waals surface area contributed by atoms with E-state index in [1.54, 1.807) is 4.90 Å². The maximum absolute atomic E-state index is 14.2. The van der Waals surface area contributed by atoms with Crippen molar-refractivity contribution in [3.05, 3.63) is 94.8 Å². The van der Waals surface area contributed by atoms with Gasteiger partial charge in [0.25, 0.3) is 11.8 Å². The lowest BCUT2D eigenvalue weighted by Gasteiger charge is -2.38. The second-order valence-electron chi connectivity index (χ2n) is 9.32. The lowest BCUT2D eigenvalue weighted by molar-refractivity contribution is -0.125. The highest BCUT2D eigenvalue weighted by Crippen LogP contribution is 2.59. The molecule has 3 aliphatic rings. The van der Waals surface area contributed by atoms with Gasteiger partial charge < -0.3 is 15.0 Å². The Labute approximate surface area is 191 Å². The lowest BCUT2D eigenvalue weighted by atomic mass is 9.73. The molecule has 4 atom stereocenters. The Morgan fingerprint density at radius 2 is 1.85 bits per heavy atom. The Bertz CT molecular complexity index is 1310. The summed E-state index contributed by atoms with van der Waals surface area (Å²) >= 11 is 0. The van der Waals surface area contributed by atoms with Crippen LogP contribution in [0.15, 0.2) is 66.7 Å². The number of anilines is 1. The molecule has 0 bridgehead atoms. The smallest absolute Gasteiger partial charge is 0.257 e. The van der Waals surface area contributed by atoms with Gasteiger partial charge in [0, 0.05) is 17.4 Å². The van der Waals surface area contributed by atoms with Crippen molar-refractivity contribution in [2.45, 2.75) is 31.3 Å². The van der Waals surface area contributed by atoms with E-state index in [0.717, 1.165) is 22.4 Å². The fourth-order valence-electron chi connectivity index (χ4n) is 6.00. The van der Waals surface area contributed by atoms with Crippen LogP contribution in [0.2, 0.25) is 0 Å². The molecule has 0 saturated carbocycles. The Hall–Kier alpha value is -3.67. The van der Waals surface area contributed by atoms with Gasteiger partial charge in [0.05, 0.1) is 23.9 Å². The van der Waals surface area contributed by atoms with Crippen LogP contribution in [0.5, 0.6) is 5.75 Å². The average Bonchev–Trinajstić information content (AvgIpc) is 3.06. The average molecular weight is 442 g/mol. The second-order valence-corrected chi connectivity index (χ2v) is 9.32. The largest absolute Gasteiger partial charge is 0.493 e. The molecular weight excluding hydrogens is 419 g/mol. The van der Waals surface area contributed by atoms with Crippen LogP contribution in [-0.2, 0) is 4.79 Å². The van der Waals surface area contributed by atoms with Crippen molar-refractivity contribution >= 4 is 17.5 Å². The number of ether oxygens (including phenoxy) is 1. The first-order chi connectivity index (χ1) is 15.9. The zero-order valence-electron chi connectivity index (χ0n) is 18.3. The zero-order chi connectivity index (χ0) is 22.9. The fourth-order valence-corrected chi connectivity index (χ4v) is 6.00. The summed E-state index contributed by atoms with van der Waals surface area (Å²) in [6.07, 6.45) is 0. The molecule has 3 aliphatic heterocycles. The molecule has 1 N–H and O–H groups in total. The van der Waals surface area contributed by atoms with Crippen LogP contribution in [0, 0.1) is 18.7 Å². The van der Waals surface area contributed by atoms with Crippen LogP contribution in [0.4, 0.5) is 10.1 Å². The normalized spacial score (nSPS) is 27.5. The van der Waals surface area contributed by atoms with Gasteiger partial charge in [0.2, 0.25) is 0 Å². The molecule has 2 amide bonds. The van der Waals surface area contributed by atoms with Gasteiger partial charge in [-0.1, -0.05) is 48.0 Å². The SMILES string of the molecule is Cc1ccc2c(c1)C1C(CO2)C(c2ccccc2)[C@]2(C)C(=O)Nc3ccc(F)cc3C(=O)N12. The highest BCUT2D eigenvalue weighted by Gasteiger charge is 2.65. The van der Waals surface area contributed by atoms with Gasteiger partial charge in [-0.05, 0) is 43.7 Å². The number of nitrogens with one attached hydrogen (secondary N) is 1. The molecule has 166 valence electrons. The van der Waals surface area contributed by atoms with Crippen molar-refractivity contribution in [1.82, 2.24) is 4.90 Å². The van der Waals surface area contributed by atoms with Crippen molar-refractivity contribution in [3.63, 3.8) is 0 Å². The highest BCUT2D eigenvalue weighted by atomic mass is 19.1. The van der Waals surface area contributed by atoms with Crippen LogP contribution in [0.1, 0.15) is 45.9 Å². The summed E-state index contributed by atoms with van der Waals surface area (Å²) < 4.78 is 20.4. The number of carbonyl (C=O) groups excluding carboxylic acids is 2. The van der Waals surface area contributed by atoms with Crippen LogP contribution in [-0.4, -0.2) is 28.9 Å². The number of halogens is 1. The number of hydrogen-bond donors (Lipinski definition) is 1. The van der Waals surface area contributed by atoms with Crippen LogP contribution >= 0.6 is 0 Å². The number of amides is 2. The predicted molar refractivity (Wildman–Crippen MR) is 122 cm³/mol. The maximum atomic E-state index is 14.2. The Balaban J connectivity index is 1.64. The molecule has 3 heterocycles. The standard InChI is InChI=1S/C27H23FN2O3/c1-15-8-11-22-19(12-15)24-20(14-33-22)23(16-6-4-3-5-7-16)27(2)26(32)29-21-10-9-17(28)13-18(21)25(31)30(24)27/h3-13,20,23-24H,14H2,1-2H3,(H,29,32)/t20?,23?,24?,27-/m1/s1. The summed E-state index contributed by atoms with van der Waals surface area (Å²) in [6, 6.07) is 19.3. The quantitative estimate of drug-likeness (QED) is 0.587. The van der Waals surface area contributed by atoms with E-state index in [-0.39, 0.29) is 35.3 Å². The predicted octanol–water partition coefficient (Wildman–Crippen LogP) is 4.83. The van der Waals surface area contributed by atoms with E-state index in [4.69, 9.17) is 4.74 Å². The third-order valence-corrected chi connectivity index (χ3v) is 7.43. The van der Waals surface area contributed by atoms with E-state index < -0.39 is 11.4 Å². The van der Waals surface area contributed by atoms with Crippen LogP contribution in [0.25, 0.3) is 0 Å². The highest BCUT2D eigenvalue weighted by molar-refractivity contribution is 6.12. The summed E-state index contributed by atoms with van der Waals surface area (Å²) in [6.45, 7) is 4.20. The second kappa shape index (κ2) is 6.91. The molecule has 0 aliphatic carbocycles. The molecule has 1 saturated heterocycles. The summed E-state index contributed by atoms with van der Waals surface area (Å²) in [5.74, 6) is -0.878. The number of benzene rings is 3. The monoisotopic (exact) mass is 442 g/mol. The number of aryl methyl sites for hydroxylation is 1. The van der Waals surface area contributed by atoms with E-state index >= 15 is 0 Å². The third-order valence-electron chi connectivity index (χ3n) is 7.43. The molecule has 3 aromatic carbocycles. The fraction of sp³-hybridized carbons (Fsp3) is 0.259. The molecule has 1 fully saturated rings. The molecule has 5 nitrogen and oxygen atoms in total.